The van der Waals surface area contributed by atoms with Crippen molar-refractivity contribution in [3.63, 3.8) is 0 Å². The molecule has 150 valence electrons. The first kappa shape index (κ1) is 20.5. The highest BCUT2D eigenvalue weighted by atomic mass is 32.2. The molecule has 7 nitrogen and oxygen atoms in total. The Hall–Kier alpha value is -3.26. The molecular weight excluding hydrogens is 390 g/mol. The molecule has 29 heavy (non-hydrogen) atoms. The summed E-state index contributed by atoms with van der Waals surface area (Å²) in [4.78, 5) is 20.9. The Labute approximate surface area is 173 Å². The molecule has 1 heterocycles. The first-order chi connectivity index (χ1) is 14.1. The van der Waals surface area contributed by atoms with Crippen LogP contribution in [0.3, 0.4) is 0 Å². The highest BCUT2D eigenvalue weighted by Gasteiger charge is 2.12. The van der Waals surface area contributed by atoms with Crippen LogP contribution in [0.1, 0.15) is 5.56 Å². The van der Waals surface area contributed by atoms with Gasteiger partial charge in [-0.15, -0.1) is 0 Å². The van der Waals surface area contributed by atoms with Crippen molar-refractivity contribution in [1.82, 2.24) is 9.97 Å². The first-order valence-electron chi connectivity index (χ1n) is 8.78. The Kier molecular flexibility index (Phi) is 6.91. The number of carbonyl (C=O) groups excluding carboxylic acids is 1. The van der Waals surface area contributed by atoms with E-state index in [1.54, 1.807) is 44.8 Å². The van der Waals surface area contributed by atoms with Crippen molar-refractivity contribution in [3.8, 4) is 23.1 Å². The van der Waals surface area contributed by atoms with E-state index in [0.717, 1.165) is 5.56 Å². The average molecular weight is 411 g/mol. The van der Waals surface area contributed by atoms with Crippen LogP contribution in [0.4, 0.5) is 5.69 Å². The van der Waals surface area contributed by atoms with Crippen LogP contribution in [0.15, 0.2) is 59.9 Å². The van der Waals surface area contributed by atoms with Crippen molar-refractivity contribution < 1.29 is 19.0 Å². The first-order valence-corrected chi connectivity index (χ1v) is 9.77. The van der Waals surface area contributed by atoms with E-state index in [4.69, 9.17) is 14.2 Å². The Balaban J connectivity index is 1.64. The molecule has 0 atom stereocenters. The molecule has 1 aromatic heterocycles. The average Bonchev–Trinajstić information content (AvgIpc) is 2.74. The second-order valence-electron chi connectivity index (χ2n) is 6.02. The molecule has 1 N–H and O–H groups in total. The number of aromatic nitrogens is 2. The van der Waals surface area contributed by atoms with E-state index in [-0.39, 0.29) is 11.7 Å². The largest absolute Gasteiger partial charge is 0.497 e. The molecule has 0 fully saturated rings. The van der Waals surface area contributed by atoms with Crippen LogP contribution < -0.4 is 19.5 Å². The zero-order chi connectivity index (χ0) is 20.6. The number of carbonyl (C=O) groups is 1. The maximum absolute atomic E-state index is 12.4. The number of aryl methyl sites for hydroxylation is 1. The molecule has 0 saturated heterocycles. The zero-order valence-electron chi connectivity index (χ0n) is 16.3. The molecular formula is C21H21N3O4S. The SMILES string of the molecule is COc1cc(NC(=O)CSc2nccnc2Oc2ccc(C)cc2)cc(OC)c1. The minimum Gasteiger partial charge on any atom is -0.497 e. The molecule has 0 aliphatic carbocycles. The quantitative estimate of drug-likeness (QED) is 0.553. The summed E-state index contributed by atoms with van der Waals surface area (Å²) in [5, 5.41) is 3.36. The Morgan fingerprint density at radius 1 is 0.966 bits per heavy atom. The van der Waals surface area contributed by atoms with Gasteiger partial charge in [-0.05, 0) is 19.1 Å². The number of ether oxygens (including phenoxy) is 3. The highest BCUT2D eigenvalue weighted by molar-refractivity contribution is 8.00. The van der Waals surface area contributed by atoms with Crippen molar-refractivity contribution in [2.75, 3.05) is 25.3 Å². The van der Waals surface area contributed by atoms with Gasteiger partial charge in [0.15, 0.2) is 5.03 Å². The summed E-state index contributed by atoms with van der Waals surface area (Å²) < 4.78 is 16.2. The van der Waals surface area contributed by atoms with Gasteiger partial charge in [-0.3, -0.25) is 4.79 Å². The van der Waals surface area contributed by atoms with E-state index in [2.05, 4.69) is 15.3 Å². The molecule has 3 rings (SSSR count). The Morgan fingerprint density at radius 2 is 1.62 bits per heavy atom. The zero-order valence-corrected chi connectivity index (χ0v) is 17.2. The lowest BCUT2D eigenvalue weighted by Crippen LogP contribution is -2.14. The van der Waals surface area contributed by atoms with E-state index in [1.165, 1.54) is 11.8 Å². The minimum absolute atomic E-state index is 0.141. The van der Waals surface area contributed by atoms with Gasteiger partial charge in [0.1, 0.15) is 17.2 Å². The fraction of sp³-hybridized carbons (Fsp3) is 0.190. The van der Waals surface area contributed by atoms with Crippen molar-refractivity contribution in [2.45, 2.75) is 11.9 Å². The van der Waals surface area contributed by atoms with Crippen LogP contribution in [-0.4, -0.2) is 35.8 Å². The lowest BCUT2D eigenvalue weighted by molar-refractivity contribution is -0.113. The number of amides is 1. The predicted molar refractivity (Wildman–Crippen MR) is 112 cm³/mol. The highest BCUT2D eigenvalue weighted by Crippen LogP contribution is 2.30. The van der Waals surface area contributed by atoms with E-state index in [0.29, 0.717) is 33.8 Å². The predicted octanol–water partition coefficient (Wildman–Crippen LogP) is 4.33. The molecule has 8 heteroatoms. The van der Waals surface area contributed by atoms with Crippen molar-refractivity contribution in [1.29, 1.82) is 0 Å². The fourth-order valence-corrected chi connectivity index (χ4v) is 3.10. The Morgan fingerprint density at radius 3 is 2.28 bits per heavy atom. The van der Waals surface area contributed by atoms with Crippen LogP contribution in [-0.2, 0) is 4.79 Å². The van der Waals surface area contributed by atoms with Gasteiger partial charge in [0.2, 0.25) is 5.91 Å². The van der Waals surface area contributed by atoms with Gasteiger partial charge in [0.25, 0.3) is 5.88 Å². The molecule has 0 unspecified atom stereocenters. The van der Waals surface area contributed by atoms with Crippen LogP contribution in [0.5, 0.6) is 23.1 Å². The number of nitrogens with zero attached hydrogens (tertiary/aromatic N) is 2. The standard InChI is InChI=1S/C21H21N3O4S/c1-14-4-6-16(7-5-14)28-20-21(23-9-8-22-20)29-13-19(25)24-15-10-17(26-2)12-18(11-15)27-3/h4-12H,13H2,1-3H3,(H,24,25). The third kappa shape index (κ3) is 5.86. The van der Waals surface area contributed by atoms with E-state index in [9.17, 15) is 4.79 Å². The Bertz CT molecular complexity index is 958. The van der Waals surface area contributed by atoms with Crippen LogP contribution in [0.25, 0.3) is 0 Å². The topological polar surface area (TPSA) is 82.6 Å². The normalized spacial score (nSPS) is 10.3. The molecule has 0 bridgehead atoms. The lowest BCUT2D eigenvalue weighted by Gasteiger charge is -2.11. The molecule has 0 radical (unpaired) electrons. The summed E-state index contributed by atoms with van der Waals surface area (Å²) >= 11 is 1.24. The van der Waals surface area contributed by atoms with Gasteiger partial charge in [-0.25, -0.2) is 9.97 Å². The molecule has 0 saturated carbocycles. The number of hydrogen-bond donors (Lipinski definition) is 1. The van der Waals surface area contributed by atoms with Gasteiger partial charge >= 0.3 is 0 Å². The second kappa shape index (κ2) is 9.79. The number of hydrogen-bond acceptors (Lipinski definition) is 7. The molecule has 0 spiro atoms. The maximum Gasteiger partial charge on any atom is 0.252 e. The van der Waals surface area contributed by atoms with E-state index >= 15 is 0 Å². The third-order valence-corrected chi connectivity index (χ3v) is 4.80. The smallest absolute Gasteiger partial charge is 0.252 e. The maximum atomic E-state index is 12.4. The molecule has 0 aliphatic heterocycles. The van der Waals surface area contributed by atoms with Gasteiger partial charge in [-0.2, -0.15) is 0 Å². The number of methoxy groups -OCH3 is 2. The number of rotatable bonds is 8. The van der Waals surface area contributed by atoms with Gasteiger partial charge in [-0.1, -0.05) is 29.5 Å². The number of thioether (sulfide) groups is 1. The molecule has 1 amide bonds. The van der Waals surface area contributed by atoms with Gasteiger partial charge in [0.05, 0.1) is 20.0 Å². The van der Waals surface area contributed by atoms with E-state index in [1.807, 2.05) is 31.2 Å². The molecule has 0 aliphatic rings. The summed E-state index contributed by atoms with van der Waals surface area (Å²) in [7, 11) is 3.11. The summed E-state index contributed by atoms with van der Waals surface area (Å²) in [6.07, 6.45) is 3.12. The summed E-state index contributed by atoms with van der Waals surface area (Å²) in [5.41, 5.74) is 1.72. The van der Waals surface area contributed by atoms with E-state index < -0.39 is 0 Å². The molecule has 3 aromatic rings. The lowest BCUT2D eigenvalue weighted by atomic mass is 10.2. The van der Waals surface area contributed by atoms with Crippen LogP contribution >= 0.6 is 11.8 Å². The van der Waals surface area contributed by atoms with Crippen LogP contribution in [0.2, 0.25) is 0 Å². The number of anilines is 1. The monoisotopic (exact) mass is 411 g/mol. The third-order valence-electron chi connectivity index (χ3n) is 3.84. The summed E-state index contributed by atoms with van der Waals surface area (Å²) in [6.45, 7) is 2.00. The van der Waals surface area contributed by atoms with Crippen molar-refractivity contribution in [3.05, 3.63) is 60.4 Å². The molecule has 2 aromatic carbocycles. The number of nitrogens with one attached hydrogen (secondary N) is 1. The van der Waals surface area contributed by atoms with Gasteiger partial charge < -0.3 is 19.5 Å². The fourth-order valence-electron chi connectivity index (χ4n) is 2.41. The number of benzene rings is 2. The summed E-state index contributed by atoms with van der Waals surface area (Å²) in [6, 6.07) is 12.8. The minimum atomic E-state index is -0.197. The van der Waals surface area contributed by atoms with Crippen molar-refractivity contribution in [2.24, 2.45) is 0 Å². The second-order valence-corrected chi connectivity index (χ2v) is 6.98. The van der Waals surface area contributed by atoms with Crippen molar-refractivity contribution >= 4 is 23.4 Å². The summed E-state index contributed by atoms with van der Waals surface area (Å²) in [5.74, 6) is 2.15. The van der Waals surface area contributed by atoms with Crippen LogP contribution in [0, 0.1) is 6.92 Å². The van der Waals surface area contributed by atoms with Gasteiger partial charge in [0, 0.05) is 36.3 Å².